The van der Waals surface area contributed by atoms with E-state index >= 15 is 0 Å². The predicted molar refractivity (Wildman–Crippen MR) is 59.3 cm³/mol. The van der Waals surface area contributed by atoms with E-state index in [1.807, 2.05) is 24.3 Å². The van der Waals surface area contributed by atoms with Crippen LogP contribution in [0, 0.1) is 5.92 Å². The van der Waals surface area contributed by atoms with Gasteiger partial charge in [0.15, 0.2) is 5.76 Å². The van der Waals surface area contributed by atoms with Crippen LogP contribution in [-0.2, 0) is 0 Å². The van der Waals surface area contributed by atoms with Crippen LogP contribution in [0.15, 0.2) is 34.7 Å². The normalized spacial score (nSPS) is 17.6. The number of hydrogen-bond donors (Lipinski definition) is 1. The lowest BCUT2D eigenvalue weighted by molar-refractivity contribution is 0.0676. The van der Waals surface area contributed by atoms with Crippen LogP contribution in [0.3, 0.4) is 0 Å². The first-order chi connectivity index (χ1) is 7.75. The van der Waals surface area contributed by atoms with Crippen LogP contribution in [0.4, 0.5) is 0 Å². The summed E-state index contributed by atoms with van der Waals surface area (Å²) in [4.78, 5) is 11.9. The van der Waals surface area contributed by atoms with Gasteiger partial charge in [-0.15, -0.1) is 0 Å². The summed E-state index contributed by atoms with van der Waals surface area (Å²) in [5.74, 6) is 0.111. The molecule has 3 rings (SSSR count). The highest BCUT2D eigenvalue weighted by atomic mass is 16.4. The molecule has 0 radical (unpaired) electrons. The Morgan fingerprint density at radius 2 is 2.12 bits per heavy atom. The highest BCUT2D eigenvalue weighted by molar-refractivity contribution is 6.00. The zero-order valence-electron chi connectivity index (χ0n) is 8.72. The summed E-state index contributed by atoms with van der Waals surface area (Å²) in [6.07, 6.45) is 0.987. The quantitative estimate of drug-likeness (QED) is 0.801. The molecule has 1 N–H and O–H groups in total. The Bertz CT molecular complexity index is 504. The molecule has 1 heterocycles. The lowest BCUT2D eigenvalue weighted by Gasteiger charge is -2.04. The maximum absolute atomic E-state index is 11.9. The third kappa shape index (κ3) is 1.53. The van der Waals surface area contributed by atoms with Crippen molar-refractivity contribution >= 4 is 16.8 Å². The van der Waals surface area contributed by atoms with E-state index < -0.39 is 6.10 Å². The lowest BCUT2D eigenvalue weighted by atomic mass is 10.1. The molecule has 2 aromatic rings. The van der Waals surface area contributed by atoms with Crippen molar-refractivity contribution in [3.8, 4) is 0 Å². The van der Waals surface area contributed by atoms with Crippen molar-refractivity contribution in [2.75, 3.05) is 0 Å². The third-order valence-corrected chi connectivity index (χ3v) is 3.01. The summed E-state index contributed by atoms with van der Waals surface area (Å²) in [5, 5.41) is 10.6. The summed E-state index contributed by atoms with van der Waals surface area (Å²) in [6.45, 7) is 0. The molecule has 3 heteroatoms. The molecular formula is C13H12O3. The SMILES string of the molecule is O=C(c1cc2ccccc2o1)C(O)C1CC1. The van der Waals surface area contributed by atoms with Crippen molar-refractivity contribution < 1.29 is 14.3 Å². The number of para-hydroxylation sites is 1. The fourth-order valence-electron chi connectivity index (χ4n) is 1.88. The van der Waals surface area contributed by atoms with E-state index in [4.69, 9.17) is 4.42 Å². The molecular weight excluding hydrogens is 204 g/mol. The number of benzene rings is 1. The van der Waals surface area contributed by atoms with Gasteiger partial charge in [-0.1, -0.05) is 18.2 Å². The van der Waals surface area contributed by atoms with Gasteiger partial charge in [-0.25, -0.2) is 0 Å². The van der Waals surface area contributed by atoms with Crippen molar-refractivity contribution in [1.29, 1.82) is 0 Å². The van der Waals surface area contributed by atoms with Gasteiger partial charge in [-0.05, 0) is 30.9 Å². The molecule has 3 nitrogen and oxygen atoms in total. The lowest BCUT2D eigenvalue weighted by Crippen LogP contribution is -2.21. The molecule has 0 amide bonds. The first kappa shape index (κ1) is 9.60. The number of aliphatic hydroxyl groups excluding tert-OH is 1. The van der Waals surface area contributed by atoms with Crippen molar-refractivity contribution in [3.05, 3.63) is 36.1 Å². The van der Waals surface area contributed by atoms with Gasteiger partial charge in [0, 0.05) is 5.39 Å². The molecule has 1 aromatic carbocycles. The fraction of sp³-hybridized carbons (Fsp3) is 0.308. The maximum atomic E-state index is 11.9. The van der Waals surface area contributed by atoms with E-state index in [9.17, 15) is 9.90 Å². The average molecular weight is 216 g/mol. The standard InChI is InChI=1S/C13H12O3/c14-12(8-5-6-8)13(15)11-7-9-3-1-2-4-10(9)16-11/h1-4,7-8,12,14H,5-6H2. The van der Waals surface area contributed by atoms with E-state index in [1.54, 1.807) is 6.07 Å². The number of fused-ring (bicyclic) bond motifs is 1. The molecule has 0 spiro atoms. The van der Waals surface area contributed by atoms with Gasteiger partial charge in [0.05, 0.1) is 0 Å². The number of aliphatic hydroxyl groups is 1. The number of hydrogen-bond acceptors (Lipinski definition) is 3. The minimum absolute atomic E-state index is 0.140. The van der Waals surface area contributed by atoms with E-state index in [2.05, 4.69) is 0 Å². The first-order valence-corrected chi connectivity index (χ1v) is 5.46. The molecule has 0 bridgehead atoms. The molecule has 82 valence electrons. The van der Waals surface area contributed by atoms with Gasteiger partial charge in [0.2, 0.25) is 5.78 Å². The van der Waals surface area contributed by atoms with E-state index in [0.717, 1.165) is 18.2 Å². The van der Waals surface area contributed by atoms with Crippen LogP contribution in [0.5, 0.6) is 0 Å². The number of furan rings is 1. The minimum Gasteiger partial charge on any atom is -0.453 e. The summed E-state index contributed by atoms with van der Waals surface area (Å²) < 4.78 is 5.42. The van der Waals surface area contributed by atoms with E-state index in [0.29, 0.717) is 5.58 Å². The molecule has 1 aliphatic carbocycles. The number of carbonyl (C=O) groups excluding carboxylic acids is 1. The van der Waals surface area contributed by atoms with Crippen LogP contribution in [0.25, 0.3) is 11.0 Å². The summed E-state index contributed by atoms with van der Waals surface area (Å²) in [6, 6.07) is 9.15. The monoisotopic (exact) mass is 216 g/mol. The van der Waals surface area contributed by atoms with Gasteiger partial charge in [0.1, 0.15) is 11.7 Å². The number of ketones is 1. The average Bonchev–Trinajstić information content (AvgIpc) is 3.06. The molecule has 1 unspecified atom stereocenters. The smallest absolute Gasteiger partial charge is 0.226 e. The third-order valence-electron chi connectivity index (χ3n) is 3.01. The fourth-order valence-corrected chi connectivity index (χ4v) is 1.88. The largest absolute Gasteiger partial charge is 0.453 e. The van der Waals surface area contributed by atoms with Gasteiger partial charge >= 0.3 is 0 Å². The molecule has 1 aliphatic rings. The number of rotatable bonds is 3. The van der Waals surface area contributed by atoms with Crippen molar-refractivity contribution in [2.45, 2.75) is 18.9 Å². The second kappa shape index (κ2) is 3.46. The van der Waals surface area contributed by atoms with Gasteiger partial charge in [-0.2, -0.15) is 0 Å². The first-order valence-electron chi connectivity index (χ1n) is 5.46. The van der Waals surface area contributed by atoms with Crippen LogP contribution in [0.1, 0.15) is 23.4 Å². The van der Waals surface area contributed by atoms with E-state index in [1.165, 1.54) is 0 Å². The van der Waals surface area contributed by atoms with Crippen LogP contribution in [-0.4, -0.2) is 17.0 Å². The minimum atomic E-state index is -0.888. The molecule has 16 heavy (non-hydrogen) atoms. The highest BCUT2D eigenvalue weighted by Gasteiger charge is 2.36. The van der Waals surface area contributed by atoms with Crippen LogP contribution in [0.2, 0.25) is 0 Å². The zero-order valence-corrected chi connectivity index (χ0v) is 8.72. The van der Waals surface area contributed by atoms with Crippen molar-refractivity contribution in [3.63, 3.8) is 0 Å². The number of Topliss-reactive ketones (excluding diaryl/α,β-unsaturated/α-hetero) is 1. The second-order valence-corrected chi connectivity index (χ2v) is 4.29. The highest BCUT2D eigenvalue weighted by Crippen LogP contribution is 2.34. The van der Waals surface area contributed by atoms with E-state index in [-0.39, 0.29) is 17.5 Å². The Morgan fingerprint density at radius 1 is 1.38 bits per heavy atom. The summed E-state index contributed by atoms with van der Waals surface area (Å²) in [5.41, 5.74) is 0.689. The summed E-state index contributed by atoms with van der Waals surface area (Å²) in [7, 11) is 0. The molecule has 1 aromatic heterocycles. The molecule has 0 saturated heterocycles. The zero-order chi connectivity index (χ0) is 11.1. The Morgan fingerprint density at radius 3 is 2.81 bits per heavy atom. The molecule has 0 aliphatic heterocycles. The van der Waals surface area contributed by atoms with Gasteiger partial charge in [-0.3, -0.25) is 4.79 Å². The van der Waals surface area contributed by atoms with Gasteiger partial charge < -0.3 is 9.52 Å². The van der Waals surface area contributed by atoms with Crippen molar-refractivity contribution in [1.82, 2.24) is 0 Å². The van der Waals surface area contributed by atoms with Crippen LogP contribution >= 0.6 is 0 Å². The Labute approximate surface area is 92.7 Å². The Kier molecular flexibility index (Phi) is 2.07. The molecule has 1 saturated carbocycles. The summed E-state index contributed by atoms with van der Waals surface area (Å²) >= 11 is 0. The Hall–Kier alpha value is -1.61. The molecule has 1 atom stereocenters. The molecule has 1 fully saturated rings. The topological polar surface area (TPSA) is 50.4 Å². The Balaban J connectivity index is 1.95. The second-order valence-electron chi connectivity index (χ2n) is 4.29. The van der Waals surface area contributed by atoms with Crippen molar-refractivity contribution in [2.24, 2.45) is 5.92 Å². The number of carbonyl (C=O) groups is 1. The predicted octanol–water partition coefficient (Wildman–Crippen LogP) is 2.39. The van der Waals surface area contributed by atoms with Crippen LogP contribution < -0.4 is 0 Å². The maximum Gasteiger partial charge on any atom is 0.226 e. The van der Waals surface area contributed by atoms with Gasteiger partial charge in [0.25, 0.3) is 0 Å².